The first kappa shape index (κ1) is 23.2. The van der Waals surface area contributed by atoms with Crippen molar-refractivity contribution in [1.82, 2.24) is 10.2 Å². The van der Waals surface area contributed by atoms with Gasteiger partial charge >= 0.3 is 0 Å². The summed E-state index contributed by atoms with van der Waals surface area (Å²) in [4.78, 5) is 30.6. The van der Waals surface area contributed by atoms with Gasteiger partial charge in [-0.3, -0.25) is 19.4 Å². The number of hydrogen-bond donors (Lipinski definition) is 1. The number of rotatable bonds is 6. The molecule has 0 radical (unpaired) electrons. The highest BCUT2D eigenvalue weighted by Crippen LogP contribution is 2.33. The van der Waals surface area contributed by atoms with Crippen LogP contribution in [-0.4, -0.2) is 42.4 Å². The Morgan fingerprint density at radius 1 is 0.886 bits per heavy atom. The van der Waals surface area contributed by atoms with E-state index in [1.807, 2.05) is 54.6 Å². The van der Waals surface area contributed by atoms with E-state index < -0.39 is 6.04 Å². The molecule has 6 heteroatoms. The molecule has 2 aliphatic rings. The Bertz CT molecular complexity index is 1190. The third-order valence-electron chi connectivity index (χ3n) is 7.14. The van der Waals surface area contributed by atoms with Crippen LogP contribution >= 0.6 is 0 Å². The quantitative estimate of drug-likeness (QED) is 0.579. The fourth-order valence-electron chi connectivity index (χ4n) is 5.15. The van der Waals surface area contributed by atoms with E-state index in [-0.39, 0.29) is 17.6 Å². The number of carbonyl (C=O) groups excluding carboxylic acids is 2. The van der Waals surface area contributed by atoms with Crippen LogP contribution in [0.15, 0.2) is 78.9 Å². The molecule has 0 aliphatic carbocycles. The fraction of sp³-hybridized carbons (Fsp3) is 0.310. The number of likely N-dealkylation sites (tertiary alicyclic amines) is 1. The molecule has 0 saturated carbocycles. The Kier molecular flexibility index (Phi) is 6.91. The first-order valence-corrected chi connectivity index (χ1v) is 12.3. The zero-order chi connectivity index (χ0) is 24.2. The van der Waals surface area contributed by atoms with Gasteiger partial charge < -0.3 is 5.32 Å². The minimum Gasteiger partial charge on any atom is -0.354 e. The smallest absolute Gasteiger partial charge is 0.259 e. The average molecular weight is 472 g/mol. The SMILES string of the molecule is O=C(NCC1CCN(Cc2ccccc2F)CC1)[C@@H]1Cc2ccccc2N1C(=O)c1ccccc1. The number of nitrogens with zero attached hydrogens (tertiary/aromatic N) is 2. The predicted octanol–water partition coefficient (Wildman–Crippen LogP) is 4.43. The van der Waals surface area contributed by atoms with Gasteiger partial charge in [-0.05, 0) is 61.7 Å². The first-order valence-electron chi connectivity index (χ1n) is 12.3. The van der Waals surface area contributed by atoms with E-state index in [9.17, 15) is 14.0 Å². The summed E-state index contributed by atoms with van der Waals surface area (Å²) in [6, 6.07) is 23.2. The predicted molar refractivity (Wildman–Crippen MR) is 135 cm³/mol. The van der Waals surface area contributed by atoms with Crippen LogP contribution in [0.2, 0.25) is 0 Å². The standard InChI is InChI=1S/C29H30FN3O2/c30-25-12-6-4-11-24(25)20-32-16-14-21(15-17-32)19-31-28(34)27-18-23-10-5-7-13-26(23)33(27)29(35)22-8-2-1-3-9-22/h1-13,21,27H,14-20H2,(H,31,34)/t27-/m0/s1. The van der Waals surface area contributed by atoms with E-state index in [1.54, 1.807) is 23.1 Å². The summed E-state index contributed by atoms with van der Waals surface area (Å²) in [5, 5.41) is 3.13. The van der Waals surface area contributed by atoms with Gasteiger partial charge in [-0.1, -0.05) is 54.6 Å². The molecule has 180 valence electrons. The lowest BCUT2D eigenvalue weighted by atomic mass is 9.96. The molecule has 2 aliphatic heterocycles. The van der Waals surface area contributed by atoms with Gasteiger partial charge in [-0.25, -0.2) is 4.39 Å². The number of piperidine rings is 1. The molecule has 0 aromatic heterocycles. The third-order valence-corrected chi connectivity index (χ3v) is 7.14. The van der Waals surface area contributed by atoms with Gasteiger partial charge in [0.1, 0.15) is 11.9 Å². The molecular weight excluding hydrogens is 441 g/mol. The lowest BCUT2D eigenvalue weighted by Crippen LogP contribution is -2.49. The monoisotopic (exact) mass is 471 g/mol. The van der Waals surface area contributed by atoms with E-state index in [0.29, 0.717) is 31.0 Å². The normalized spacial score (nSPS) is 18.3. The topological polar surface area (TPSA) is 52.7 Å². The lowest BCUT2D eigenvalue weighted by molar-refractivity contribution is -0.122. The van der Waals surface area contributed by atoms with Crippen LogP contribution in [0.25, 0.3) is 0 Å². The van der Waals surface area contributed by atoms with Crippen LogP contribution in [0.4, 0.5) is 10.1 Å². The van der Waals surface area contributed by atoms with Crippen LogP contribution in [0, 0.1) is 11.7 Å². The summed E-state index contributed by atoms with van der Waals surface area (Å²) in [6.07, 6.45) is 2.42. The second kappa shape index (κ2) is 10.4. The number of carbonyl (C=O) groups is 2. The van der Waals surface area contributed by atoms with Crippen molar-refractivity contribution in [2.75, 3.05) is 24.5 Å². The van der Waals surface area contributed by atoms with Crippen molar-refractivity contribution in [3.63, 3.8) is 0 Å². The molecule has 0 bridgehead atoms. The summed E-state index contributed by atoms with van der Waals surface area (Å²) < 4.78 is 14.0. The average Bonchev–Trinajstić information content (AvgIpc) is 3.29. The second-order valence-electron chi connectivity index (χ2n) is 9.45. The highest BCUT2D eigenvalue weighted by molar-refractivity contribution is 6.11. The maximum Gasteiger partial charge on any atom is 0.259 e. The molecule has 1 fully saturated rings. The van der Waals surface area contributed by atoms with Crippen LogP contribution < -0.4 is 10.2 Å². The summed E-state index contributed by atoms with van der Waals surface area (Å²) in [6.45, 7) is 2.96. The number of benzene rings is 3. The summed E-state index contributed by atoms with van der Waals surface area (Å²) in [5.74, 6) is -0.0525. The molecule has 5 nitrogen and oxygen atoms in total. The molecule has 0 unspecified atom stereocenters. The Morgan fingerprint density at radius 3 is 2.34 bits per heavy atom. The number of halogens is 1. The molecule has 1 atom stereocenters. The van der Waals surface area contributed by atoms with Crippen molar-refractivity contribution in [2.24, 2.45) is 5.92 Å². The minimum absolute atomic E-state index is 0.112. The number of hydrogen-bond acceptors (Lipinski definition) is 3. The van der Waals surface area contributed by atoms with Gasteiger partial charge in [0.05, 0.1) is 0 Å². The van der Waals surface area contributed by atoms with Crippen LogP contribution in [0.1, 0.15) is 34.3 Å². The maximum absolute atomic E-state index is 14.0. The summed E-state index contributed by atoms with van der Waals surface area (Å²) in [7, 11) is 0. The minimum atomic E-state index is -0.554. The molecule has 3 aromatic rings. The second-order valence-corrected chi connectivity index (χ2v) is 9.45. The molecule has 2 amide bonds. The van der Waals surface area contributed by atoms with Crippen molar-refractivity contribution in [3.05, 3.63) is 101 Å². The van der Waals surface area contributed by atoms with Crippen molar-refractivity contribution >= 4 is 17.5 Å². The van der Waals surface area contributed by atoms with Gasteiger partial charge in [-0.2, -0.15) is 0 Å². The van der Waals surface area contributed by atoms with Gasteiger partial charge in [0.15, 0.2) is 0 Å². The van der Waals surface area contributed by atoms with E-state index in [1.165, 1.54) is 6.07 Å². The molecule has 35 heavy (non-hydrogen) atoms. The van der Waals surface area contributed by atoms with Crippen LogP contribution in [-0.2, 0) is 17.8 Å². The Labute approximate surface area is 205 Å². The van der Waals surface area contributed by atoms with Crippen LogP contribution in [0.5, 0.6) is 0 Å². The first-order chi connectivity index (χ1) is 17.1. The summed E-state index contributed by atoms with van der Waals surface area (Å²) in [5.41, 5.74) is 3.12. The molecular formula is C29H30FN3O2. The van der Waals surface area contributed by atoms with Gasteiger partial charge in [0.2, 0.25) is 5.91 Å². The number of nitrogens with one attached hydrogen (secondary N) is 1. The zero-order valence-corrected chi connectivity index (χ0v) is 19.7. The van der Waals surface area contributed by atoms with Crippen molar-refractivity contribution in [1.29, 1.82) is 0 Å². The molecule has 3 aromatic carbocycles. The van der Waals surface area contributed by atoms with Crippen molar-refractivity contribution < 1.29 is 14.0 Å². The number of para-hydroxylation sites is 1. The molecule has 5 rings (SSSR count). The van der Waals surface area contributed by atoms with E-state index in [2.05, 4.69) is 10.2 Å². The highest BCUT2D eigenvalue weighted by Gasteiger charge is 2.38. The Balaban J connectivity index is 1.19. The molecule has 1 N–H and O–H groups in total. The third kappa shape index (κ3) is 5.13. The van der Waals surface area contributed by atoms with Crippen molar-refractivity contribution in [3.8, 4) is 0 Å². The van der Waals surface area contributed by atoms with E-state index >= 15 is 0 Å². The van der Waals surface area contributed by atoms with Gasteiger partial charge in [0, 0.05) is 36.3 Å². The number of anilines is 1. The van der Waals surface area contributed by atoms with E-state index in [4.69, 9.17) is 0 Å². The molecule has 1 saturated heterocycles. The molecule has 2 heterocycles. The van der Waals surface area contributed by atoms with E-state index in [0.717, 1.165) is 42.7 Å². The largest absolute Gasteiger partial charge is 0.354 e. The Hall–Kier alpha value is -3.51. The number of fused-ring (bicyclic) bond motifs is 1. The van der Waals surface area contributed by atoms with Crippen LogP contribution in [0.3, 0.4) is 0 Å². The number of amides is 2. The Morgan fingerprint density at radius 2 is 1.57 bits per heavy atom. The lowest BCUT2D eigenvalue weighted by Gasteiger charge is -2.32. The highest BCUT2D eigenvalue weighted by atomic mass is 19.1. The zero-order valence-electron chi connectivity index (χ0n) is 19.7. The van der Waals surface area contributed by atoms with Crippen molar-refractivity contribution in [2.45, 2.75) is 31.8 Å². The summed E-state index contributed by atoms with van der Waals surface area (Å²) >= 11 is 0. The molecule has 0 spiro atoms. The fourth-order valence-corrected chi connectivity index (χ4v) is 5.15. The van der Waals surface area contributed by atoms with Gasteiger partial charge in [-0.15, -0.1) is 0 Å². The van der Waals surface area contributed by atoms with Gasteiger partial charge in [0.25, 0.3) is 5.91 Å². The maximum atomic E-state index is 14.0.